The van der Waals surface area contributed by atoms with Gasteiger partial charge >= 0.3 is 0 Å². The smallest absolute Gasteiger partial charge is 0.296 e. The summed E-state index contributed by atoms with van der Waals surface area (Å²) < 4.78 is 12.6. The summed E-state index contributed by atoms with van der Waals surface area (Å²) in [6, 6.07) is 14.5. The van der Waals surface area contributed by atoms with Gasteiger partial charge in [0.15, 0.2) is 11.5 Å². The second kappa shape index (κ2) is 7.19. The predicted octanol–water partition coefficient (Wildman–Crippen LogP) is 3.08. The van der Waals surface area contributed by atoms with Crippen LogP contribution in [0.5, 0.6) is 11.5 Å². The molecule has 1 N–H and O–H groups in total. The fourth-order valence-electron chi connectivity index (χ4n) is 3.21. The van der Waals surface area contributed by atoms with Gasteiger partial charge in [0.05, 0.1) is 22.6 Å². The van der Waals surface area contributed by atoms with Crippen LogP contribution in [-0.4, -0.2) is 34.7 Å². The number of rotatable bonds is 4. The maximum Gasteiger partial charge on any atom is 0.296 e. The van der Waals surface area contributed by atoms with Crippen molar-refractivity contribution in [3.05, 3.63) is 65.5 Å². The van der Waals surface area contributed by atoms with Gasteiger partial charge in [-0.1, -0.05) is 18.2 Å². The van der Waals surface area contributed by atoms with E-state index in [-0.39, 0.29) is 0 Å². The third-order valence-corrected chi connectivity index (χ3v) is 4.53. The molecular weight excluding hydrogens is 358 g/mol. The summed E-state index contributed by atoms with van der Waals surface area (Å²) in [6.07, 6.45) is 0. The summed E-state index contributed by atoms with van der Waals surface area (Å²) in [5.74, 6) is -0.199. The number of nitrogens with zero attached hydrogens (tertiary/aromatic N) is 2. The maximum atomic E-state index is 12.8. The van der Waals surface area contributed by atoms with Crippen molar-refractivity contribution < 1.29 is 19.1 Å². The molecule has 0 fully saturated rings. The lowest BCUT2D eigenvalue weighted by Crippen LogP contribution is -2.24. The van der Waals surface area contributed by atoms with E-state index in [9.17, 15) is 9.59 Å². The molecule has 3 aromatic rings. The molecule has 0 saturated carbocycles. The van der Waals surface area contributed by atoms with Crippen molar-refractivity contribution in [1.29, 1.82) is 0 Å². The maximum absolute atomic E-state index is 12.8. The number of para-hydroxylation sites is 1. The molecule has 28 heavy (non-hydrogen) atoms. The van der Waals surface area contributed by atoms with Crippen molar-refractivity contribution >= 4 is 17.4 Å². The highest BCUT2D eigenvalue weighted by Gasteiger charge is 2.25. The average Bonchev–Trinajstić information content (AvgIpc) is 3.02. The van der Waals surface area contributed by atoms with Crippen molar-refractivity contribution in [2.24, 2.45) is 0 Å². The summed E-state index contributed by atoms with van der Waals surface area (Å²) in [6.45, 7) is 4.43. The summed E-state index contributed by atoms with van der Waals surface area (Å²) in [5.41, 5.74) is 2.72. The van der Waals surface area contributed by atoms with Crippen LogP contribution in [0.15, 0.2) is 48.5 Å². The summed E-state index contributed by atoms with van der Waals surface area (Å²) in [4.78, 5) is 25.4. The molecule has 2 aromatic carbocycles. The molecule has 1 amide bonds. The Labute approximate surface area is 161 Å². The minimum Gasteiger partial charge on any atom is -0.486 e. The highest BCUT2D eigenvalue weighted by molar-refractivity contribution is 6.47. The number of aryl methyl sites for hydroxylation is 1. The molecule has 142 valence electrons. The first-order chi connectivity index (χ1) is 13.5. The fourth-order valence-corrected chi connectivity index (χ4v) is 3.21. The number of carbonyl (C=O) groups is 2. The first kappa shape index (κ1) is 17.8. The molecule has 4 rings (SSSR count). The van der Waals surface area contributed by atoms with Gasteiger partial charge in [-0.3, -0.25) is 9.59 Å². The number of hydrogen-bond donors (Lipinski definition) is 1. The van der Waals surface area contributed by atoms with E-state index in [1.165, 1.54) is 0 Å². The quantitative estimate of drug-likeness (QED) is 0.558. The Bertz CT molecular complexity index is 1060. The van der Waals surface area contributed by atoms with E-state index in [1.54, 1.807) is 36.7 Å². The van der Waals surface area contributed by atoms with E-state index in [2.05, 4.69) is 10.4 Å². The number of Topliss-reactive ketones (excluding diaryl/α,β-unsaturated/α-hetero) is 1. The van der Waals surface area contributed by atoms with Gasteiger partial charge in [-0.25, -0.2) is 4.68 Å². The molecule has 0 spiro atoms. The van der Waals surface area contributed by atoms with Gasteiger partial charge in [0.1, 0.15) is 13.2 Å². The fraction of sp³-hybridized carbons (Fsp3) is 0.190. The molecular formula is C21H19N3O4. The van der Waals surface area contributed by atoms with Crippen LogP contribution in [0.3, 0.4) is 0 Å². The Hall–Kier alpha value is -3.61. The van der Waals surface area contributed by atoms with E-state index in [0.29, 0.717) is 47.4 Å². The lowest BCUT2D eigenvalue weighted by atomic mass is 10.1. The van der Waals surface area contributed by atoms with Crippen molar-refractivity contribution in [1.82, 2.24) is 9.78 Å². The zero-order valence-electron chi connectivity index (χ0n) is 15.6. The standard InChI is InChI=1S/C21H19N3O4/c1-13-19(14(2)24(23-13)16-6-4-3-5-7-16)20(25)21(26)22-15-8-9-17-18(12-15)28-11-10-27-17/h3-9,12H,10-11H2,1-2H3,(H,22,26). The Morgan fingerprint density at radius 3 is 2.46 bits per heavy atom. The number of fused-ring (bicyclic) bond motifs is 1. The van der Waals surface area contributed by atoms with Crippen LogP contribution in [0.2, 0.25) is 0 Å². The van der Waals surface area contributed by atoms with Crippen molar-refractivity contribution in [3.63, 3.8) is 0 Å². The van der Waals surface area contributed by atoms with E-state index >= 15 is 0 Å². The highest BCUT2D eigenvalue weighted by atomic mass is 16.6. The third-order valence-electron chi connectivity index (χ3n) is 4.53. The lowest BCUT2D eigenvalue weighted by Gasteiger charge is -2.18. The average molecular weight is 377 g/mol. The van der Waals surface area contributed by atoms with Crippen molar-refractivity contribution in [3.8, 4) is 17.2 Å². The molecule has 0 aliphatic carbocycles. The van der Waals surface area contributed by atoms with Crippen LogP contribution in [0.1, 0.15) is 21.7 Å². The number of ketones is 1. The molecule has 0 unspecified atom stereocenters. The van der Waals surface area contributed by atoms with Crippen molar-refractivity contribution in [2.45, 2.75) is 13.8 Å². The number of ether oxygens (including phenoxy) is 2. The molecule has 1 aliphatic heterocycles. The van der Waals surface area contributed by atoms with Gasteiger partial charge in [-0.15, -0.1) is 0 Å². The minimum atomic E-state index is -0.726. The van der Waals surface area contributed by atoms with Crippen molar-refractivity contribution in [2.75, 3.05) is 18.5 Å². The number of carbonyl (C=O) groups excluding carboxylic acids is 2. The SMILES string of the molecule is Cc1nn(-c2ccccc2)c(C)c1C(=O)C(=O)Nc1ccc2c(c1)OCCO2. The Morgan fingerprint density at radius 2 is 1.71 bits per heavy atom. The van der Waals surface area contributed by atoms with E-state index in [1.807, 2.05) is 30.3 Å². The van der Waals surface area contributed by atoms with E-state index < -0.39 is 11.7 Å². The van der Waals surface area contributed by atoms with Gasteiger partial charge in [0, 0.05) is 11.8 Å². The molecule has 1 aliphatic rings. The lowest BCUT2D eigenvalue weighted by molar-refractivity contribution is -0.112. The van der Waals surface area contributed by atoms with Crippen LogP contribution >= 0.6 is 0 Å². The summed E-state index contributed by atoms with van der Waals surface area (Å²) in [7, 11) is 0. The molecule has 0 saturated heterocycles. The molecule has 7 nitrogen and oxygen atoms in total. The Balaban J connectivity index is 1.58. The highest BCUT2D eigenvalue weighted by Crippen LogP contribution is 2.32. The molecule has 1 aromatic heterocycles. The van der Waals surface area contributed by atoms with Gasteiger partial charge in [-0.05, 0) is 38.1 Å². The predicted molar refractivity (Wildman–Crippen MR) is 103 cm³/mol. The first-order valence-electron chi connectivity index (χ1n) is 8.91. The molecule has 0 atom stereocenters. The van der Waals surface area contributed by atoms with Gasteiger partial charge in [0.25, 0.3) is 11.7 Å². The third kappa shape index (κ3) is 3.22. The normalized spacial score (nSPS) is 12.5. The van der Waals surface area contributed by atoms with Crippen LogP contribution in [-0.2, 0) is 4.79 Å². The Kier molecular flexibility index (Phi) is 4.57. The number of nitrogens with one attached hydrogen (secondary N) is 1. The number of aromatic nitrogens is 2. The van der Waals surface area contributed by atoms with Gasteiger partial charge in [0.2, 0.25) is 0 Å². The van der Waals surface area contributed by atoms with Gasteiger partial charge in [-0.2, -0.15) is 5.10 Å². The zero-order valence-corrected chi connectivity index (χ0v) is 15.6. The number of anilines is 1. The number of benzene rings is 2. The van der Waals surface area contributed by atoms with Crippen LogP contribution in [0, 0.1) is 13.8 Å². The molecule has 0 bridgehead atoms. The second-order valence-corrected chi connectivity index (χ2v) is 6.43. The molecule has 2 heterocycles. The van der Waals surface area contributed by atoms with Gasteiger partial charge < -0.3 is 14.8 Å². The van der Waals surface area contributed by atoms with Crippen LogP contribution in [0.25, 0.3) is 5.69 Å². The minimum absolute atomic E-state index is 0.305. The summed E-state index contributed by atoms with van der Waals surface area (Å²) in [5, 5.41) is 7.06. The molecule has 0 radical (unpaired) electrons. The Morgan fingerprint density at radius 1 is 1.00 bits per heavy atom. The monoisotopic (exact) mass is 377 g/mol. The second-order valence-electron chi connectivity index (χ2n) is 6.43. The van der Waals surface area contributed by atoms with Crippen LogP contribution in [0.4, 0.5) is 5.69 Å². The largest absolute Gasteiger partial charge is 0.486 e. The number of amides is 1. The topological polar surface area (TPSA) is 82.5 Å². The number of hydrogen-bond acceptors (Lipinski definition) is 5. The molecule has 7 heteroatoms. The zero-order chi connectivity index (χ0) is 19.7. The first-order valence-corrected chi connectivity index (χ1v) is 8.91. The summed E-state index contributed by atoms with van der Waals surface area (Å²) >= 11 is 0. The van der Waals surface area contributed by atoms with E-state index in [4.69, 9.17) is 9.47 Å². The van der Waals surface area contributed by atoms with Crippen LogP contribution < -0.4 is 14.8 Å². The van der Waals surface area contributed by atoms with E-state index in [0.717, 1.165) is 5.69 Å².